The summed E-state index contributed by atoms with van der Waals surface area (Å²) < 4.78 is 5.14. The molecule has 5 heteroatoms. The molecule has 0 aliphatic heterocycles. The maximum absolute atomic E-state index is 12.0. The van der Waals surface area contributed by atoms with Crippen molar-refractivity contribution in [2.45, 2.75) is 53.1 Å². The van der Waals surface area contributed by atoms with Gasteiger partial charge in [0.05, 0.1) is 17.8 Å². The fourth-order valence-electron chi connectivity index (χ4n) is 1.94. The Morgan fingerprint density at radius 1 is 1.44 bits per heavy atom. The van der Waals surface area contributed by atoms with Gasteiger partial charge < -0.3 is 15.6 Å². The number of nitrogens with zero attached hydrogens (tertiary/aromatic N) is 1. The average molecular weight is 253 g/mol. The van der Waals surface area contributed by atoms with Crippen molar-refractivity contribution >= 4 is 5.91 Å². The fraction of sp³-hybridized carbons (Fsp3) is 0.692. The first-order chi connectivity index (χ1) is 8.38. The van der Waals surface area contributed by atoms with Gasteiger partial charge in [-0.1, -0.05) is 25.9 Å². The molecule has 1 aromatic heterocycles. The van der Waals surface area contributed by atoms with Gasteiger partial charge in [-0.2, -0.15) is 0 Å². The number of nitrogens with two attached hydrogens (primary N) is 1. The van der Waals surface area contributed by atoms with Crippen molar-refractivity contribution in [2.75, 3.05) is 0 Å². The number of nitrogens with one attached hydrogen (secondary N) is 1. The van der Waals surface area contributed by atoms with Gasteiger partial charge in [-0.15, -0.1) is 0 Å². The molecule has 0 spiro atoms. The summed E-state index contributed by atoms with van der Waals surface area (Å²) in [7, 11) is 0. The molecule has 1 unspecified atom stereocenters. The Bertz CT molecular complexity index is 393. The van der Waals surface area contributed by atoms with Crippen LogP contribution in [0.2, 0.25) is 0 Å². The lowest BCUT2D eigenvalue weighted by molar-refractivity contribution is -0.124. The SMILES string of the molecule is CCC(NC(=O)[C@@H](N)C(C)C)c1c(C)noc1C. The highest BCUT2D eigenvalue weighted by atomic mass is 16.5. The maximum Gasteiger partial charge on any atom is 0.237 e. The van der Waals surface area contributed by atoms with Gasteiger partial charge in [-0.05, 0) is 26.2 Å². The van der Waals surface area contributed by atoms with E-state index >= 15 is 0 Å². The van der Waals surface area contributed by atoms with Gasteiger partial charge in [-0.25, -0.2) is 0 Å². The van der Waals surface area contributed by atoms with Crippen molar-refractivity contribution in [2.24, 2.45) is 11.7 Å². The van der Waals surface area contributed by atoms with Gasteiger partial charge >= 0.3 is 0 Å². The second-order valence-electron chi connectivity index (χ2n) is 4.98. The highest BCUT2D eigenvalue weighted by Crippen LogP contribution is 2.24. The third kappa shape index (κ3) is 3.10. The first kappa shape index (κ1) is 14.7. The molecule has 1 heterocycles. The largest absolute Gasteiger partial charge is 0.361 e. The highest BCUT2D eigenvalue weighted by Gasteiger charge is 2.24. The van der Waals surface area contributed by atoms with Crippen LogP contribution < -0.4 is 11.1 Å². The number of carbonyl (C=O) groups is 1. The predicted octanol–water partition coefficient (Wildman–Crippen LogP) is 1.84. The van der Waals surface area contributed by atoms with Crippen LogP contribution in [0.3, 0.4) is 0 Å². The second-order valence-corrected chi connectivity index (χ2v) is 4.98. The first-order valence-electron chi connectivity index (χ1n) is 6.37. The molecule has 102 valence electrons. The van der Waals surface area contributed by atoms with E-state index in [1.165, 1.54) is 0 Å². The summed E-state index contributed by atoms with van der Waals surface area (Å²) in [4.78, 5) is 12.0. The number of aryl methyl sites for hydroxylation is 2. The van der Waals surface area contributed by atoms with Crippen LogP contribution in [0.1, 0.15) is 50.3 Å². The van der Waals surface area contributed by atoms with Crippen molar-refractivity contribution in [3.63, 3.8) is 0 Å². The fourth-order valence-corrected chi connectivity index (χ4v) is 1.94. The molecule has 0 bridgehead atoms. The van der Waals surface area contributed by atoms with Gasteiger partial charge in [-0.3, -0.25) is 4.79 Å². The van der Waals surface area contributed by atoms with Gasteiger partial charge in [0.1, 0.15) is 5.76 Å². The minimum Gasteiger partial charge on any atom is -0.361 e. The van der Waals surface area contributed by atoms with Crippen LogP contribution in [0.4, 0.5) is 0 Å². The Kier molecular flexibility index (Phi) is 4.90. The molecule has 0 saturated carbocycles. The van der Waals surface area contributed by atoms with E-state index in [2.05, 4.69) is 10.5 Å². The molecule has 0 aliphatic rings. The molecule has 0 radical (unpaired) electrons. The number of hydrogen-bond donors (Lipinski definition) is 2. The van der Waals surface area contributed by atoms with E-state index in [-0.39, 0.29) is 17.9 Å². The number of aromatic nitrogens is 1. The molecule has 1 amide bonds. The molecule has 2 atom stereocenters. The lowest BCUT2D eigenvalue weighted by atomic mass is 10.0. The van der Waals surface area contributed by atoms with Crippen LogP contribution in [0.15, 0.2) is 4.52 Å². The molecule has 18 heavy (non-hydrogen) atoms. The van der Waals surface area contributed by atoms with E-state index in [1.807, 2.05) is 34.6 Å². The van der Waals surface area contributed by atoms with Crippen LogP contribution in [0.25, 0.3) is 0 Å². The number of amides is 1. The summed E-state index contributed by atoms with van der Waals surface area (Å²) in [6.45, 7) is 9.61. The Morgan fingerprint density at radius 3 is 2.44 bits per heavy atom. The summed E-state index contributed by atoms with van der Waals surface area (Å²) in [6, 6.07) is -0.576. The van der Waals surface area contributed by atoms with Crippen molar-refractivity contribution in [3.8, 4) is 0 Å². The van der Waals surface area contributed by atoms with E-state index in [0.29, 0.717) is 0 Å². The molecule has 0 aromatic carbocycles. The summed E-state index contributed by atoms with van der Waals surface area (Å²) in [5, 5.41) is 6.88. The average Bonchev–Trinajstić information content (AvgIpc) is 2.65. The number of rotatable bonds is 5. The van der Waals surface area contributed by atoms with E-state index in [0.717, 1.165) is 23.4 Å². The van der Waals surface area contributed by atoms with Crippen molar-refractivity contribution in [3.05, 3.63) is 17.0 Å². The Hall–Kier alpha value is -1.36. The van der Waals surface area contributed by atoms with Crippen LogP contribution in [-0.4, -0.2) is 17.1 Å². The van der Waals surface area contributed by atoms with Crippen LogP contribution in [0, 0.1) is 19.8 Å². The normalized spacial score (nSPS) is 14.6. The highest BCUT2D eigenvalue weighted by molar-refractivity contribution is 5.82. The molecule has 0 fully saturated rings. The number of hydrogen-bond acceptors (Lipinski definition) is 4. The van der Waals surface area contributed by atoms with E-state index < -0.39 is 6.04 Å². The lowest BCUT2D eigenvalue weighted by Crippen LogP contribution is -2.45. The summed E-state index contributed by atoms with van der Waals surface area (Å²) in [5.74, 6) is 0.738. The monoisotopic (exact) mass is 253 g/mol. The minimum absolute atomic E-state index is 0.0893. The quantitative estimate of drug-likeness (QED) is 0.839. The smallest absolute Gasteiger partial charge is 0.237 e. The molecular formula is C13H23N3O2. The Labute approximate surface area is 108 Å². The predicted molar refractivity (Wildman–Crippen MR) is 70.0 cm³/mol. The van der Waals surface area contributed by atoms with E-state index in [4.69, 9.17) is 10.3 Å². The van der Waals surface area contributed by atoms with Crippen LogP contribution in [0.5, 0.6) is 0 Å². The Morgan fingerprint density at radius 2 is 2.06 bits per heavy atom. The van der Waals surface area contributed by atoms with Gasteiger partial charge in [0.15, 0.2) is 0 Å². The summed E-state index contributed by atoms with van der Waals surface area (Å²) in [6.07, 6.45) is 0.777. The molecule has 1 aromatic rings. The summed E-state index contributed by atoms with van der Waals surface area (Å²) in [5.41, 5.74) is 7.62. The molecule has 3 N–H and O–H groups in total. The number of carbonyl (C=O) groups excluding carboxylic acids is 1. The molecular weight excluding hydrogens is 230 g/mol. The van der Waals surface area contributed by atoms with Gasteiger partial charge in [0.2, 0.25) is 5.91 Å². The minimum atomic E-state index is -0.487. The molecule has 1 rings (SSSR count). The summed E-state index contributed by atoms with van der Waals surface area (Å²) >= 11 is 0. The van der Waals surface area contributed by atoms with Gasteiger partial charge in [0.25, 0.3) is 0 Å². The maximum atomic E-state index is 12.0. The molecule has 5 nitrogen and oxygen atoms in total. The van der Waals surface area contributed by atoms with Crippen LogP contribution >= 0.6 is 0 Å². The third-order valence-corrected chi connectivity index (χ3v) is 3.18. The van der Waals surface area contributed by atoms with E-state index in [1.54, 1.807) is 0 Å². The standard InChI is InChI=1S/C13H23N3O2/c1-6-10(11-8(4)16-18-9(11)5)15-13(17)12(14)7(2)3/h7,10,12H,6,14H2,1-5H3,(H,15,17)/t10?,12-/m0/s1. The van der Waals surface area contributed by atoms with Crippen LogP contribution in [-0.2, 0) is 4.79 Å². The van der Waals surface area contributed by atoms with Crippen molar-refractivity contribution in [1.29, 1.82) is 0 Å². The zero-order valence-electron chi connectivity index (χ0n) is 11.8. The zero-order chi connectivity index (χ0) is 13.9. The van der Waals surface area contributed by atoms with Crippen molar-refractivity contribution < 1.29 is 9.32 Å². The lowest BCUT2D eigenvalue weighted by Gasteiger charge is -2.21. The Balaban J connectivity index is 2.83. The first-order valence-corrected chi connectivity index (χ1v) is 6.37. The molecule has 0 aliphatic carbocycles. The topological polar surface area (TPSA) is 81.2 Å². The second kappa shape index (κ2) is 6.00. The van der Waals surface area contributed by atoms with E-state index in [9.17, 15) is 4.79 Å². The zero-order valence-corrected chi connectivity index (χ0v) is 11.8. The van der Waals surface area contributed by atoms with Gasteiger partial charge in [0, 0.05) is 5.56 Å². The molecule has 0 saturated heterocycles. The van der Waals surface area contributed by atoms with Crippen molar-refractivity contribution in [1.82, 2.24) is 10.5 Å². The third-order valence-electron chi connectivity index (χ3n) is 3.18.